The summed E-state index contributed by atoms with van der Waals surface area (Å²) in [6, 6.07) is 8.47. The van der Waals surface area contributed by atoms with E-state index in [1.807, 2.05) is 0 Å². The number of H-pyrrole nitrogens is 1. The van der Waals surface area contributed by atoms with Gasteiger partial charge in [-0.1, -0.05) is 31.2 Å². The SMILES string of the molecule is CCc1ccc(CCC(=O)NCCCc2ncn[nH]2)cc1. The maximum Gasteiger partial charge on any atom is 0.220 e. The zero-order valence-electron chi connectivity index (χ0n) is 12.4. The van der Waals surface area contributed by atoms with Gasteiger partial charge in [0.25, 0.3) is 0 Å². The minimum Gasteiger partial charge on any atom is -0.356 e. The van der Waals surface area contributed by atoms with Gasteiger partial charge in [0.1, 0.15) is 12.2 Å². The van der Waals surface area contributed by atoms with Crippen LogP contribution in [-0.4, -0.2) is 27.6 Å². The molecular weight excluding hydrogens is 264 g/mol. The van der Waals surface area contributed by atoms with E-state index < -0.39 is 0 Å². The smallest absolute Gasteiger partial charge is 0.220 e. The normalized spacial score (nSPS) is 10.5. The van der Waals surface area contributed by atoms with Crippen LogP contribution in [0.15, 0.2) is 30.6 Å². The van der Waals surface area contributed by atoms with E-state index in [0.29, 0.717) is 13.0 Å². The Morgan fingerprint density at radius 3 is 2.62 bits per heavy atom. The molecule has 0 saturated heterocycles. The van der Waals surface area contributed by atoms with Gasteiger partial charge < -0.3 is 5.32 Å². The third-order valence-corrected chi connectivity index (χ3v) is 3.45. The van der Waals surface area contributed by atoms with Gasteiger partial charge in [-0.25, -0.2) is 4.98 Å². The molecule has 0 saturated carbocycles. The number of rotatable bonds is 8. The summed E-state index contributed by atoms with van der Waals surface area (Å²) in [5, 5.41) is 9.53. The highest BCUT2D eigenvalue weighted by atomic mass is 16.1. The van der Waals surface area contributed by atoms with Gasteiger partial charge in [0, 0.05) is 19.4 Å². The number of aromatic amines is 1. The van der Waals surface area contributed by atoms with E-state index >= 15 is 0 Å². The van der Waals surface area contributed by atoms with Crippen LogP contribution in [-0.2, 0) is 24.1 Å². The Morgan fingerprint density at radius 1 is 1.19 bits per heavy atom. The second kappa shape index (κ2) is 8.19. The lowest BCUT2D eigenvalue weighted by molar-refractivity contribution is -0.121. The highest BCUT2D eigenvalue weighted by Gasteiger charge is 2.02. The number of aromatic nitrogens is 3. The third kappa shape index (κ3) is 5.38. The summed E-state index contributed by atoms with van der Waals surface area (Å²) >= 11 is 0. The third-order valence-electron chi connectivity index (χ3n) is 3.45. The average molecular weight is 286 g/mol. The van der Waals surface area contributed by atoms with Crippen molar-refractivity contribution in [3.63, 3.8) is 0 Å². The molecule has 0 unspecified atom stereocenters. The lowest BCUT2D eigenvalue weighted by Gasteiger charge is -2.05. The van der Waals surface area contributed by atoms with Crippen molar-refractivity contribution in [2.24, 2.45) is 0 Å². The van der Waals surface area contributed by atoms with Crippen LogP contribution in [0.1, 0.15) is 36.7 Å². The van der Waals surface area contributed by atoms with Crippen molar-refractivity contribution in [2.45, 2.75) is 39.0 Å². The van der Waals surface area contributed by atoms with Crippen molar-refractivity contribution in [1.82, 2.24) is 20.5 Å². The fourth-order valence-corrected chi connectivity index (χ4v) is 2.12. The fourth-order valence-electron chi connectivity index (χ4n) is 2.12. The van der Waals surface area contributed by atoms with Crippen LogP contribution in [0.4, 0.5) is 0 Å². The number of carbonyl (C=O) groups is 1. The van der Waals surface area contributed by atoms with Crippen molar-refractivity contribution >= 4 is 5.91 Å². The van der Waals surface area contributed by atoms with Gasteiger partial charge in [-0.3, -0.25) is 9.89 Å². The second-order valence-corrected chi connectivity index (χ2v) is 5.06. The van der Waals surface area contributed by atoms with Crippen LogP contribution in [0.25, 0.3) is 0 Å². The van der Waals surface area contributed by atoms with Gasteiger partial charge >= 0.3 is 0 Å². The predicted octanol–water partition coefficient (Wildman–Crippen LogP) is 2.05. The second-order valence-electron chi connectivity index (χ2n) is 5.06. The molecular formula is C16H22N4O. The molecule has 1 amide bonds. The molecule has 21 heavy (non-hydrogen) atoms. The average Bonchev–Trinajstić information content (AvgIpc) is 3.03. The molecule has 0 aliphatic rings. The van der Waals surface area contributed by atoms with Crippen LogP contribution < -0.4 is 5.32 Å². The Labute approximate surface area is 125 Å². The summed E-state index contributed by atoms with van der Waals surface area (Å²) in [6.45, 7) is 2.82. The maximum absolute atomic E-state index is 11.8. The van der Waals surface area contributed by atoms with Crippen LogP contribution in [0.3, 0.4) is 0 Å². The van der Waals surface area contributed by atoms with Crippen molar-refractivity contribution < 1.29 is 4.79 Å². The first kappa shape index (κ1) is 15.2. The Hall–Kier alpha value is -2.17. The first-order chi connectivity index (χ1) is 10.3. The molecule has 1 heterocycles. The van der Waals surface area contributed by atoms with Crippen molar-refractivity contribution in [3.05, 3.63) is 47.5 Å². The highest BCUT2D eigenvalue weighted by molar-refractivity contribution is 5.76. The molecule has 112 valence electrons. The summed E-state index contributed by atoms with van der Waals surface area (Å²) in [7, 11) is 0. The Morgan fingerprint density at radius 2 is 1.95 bits per heavy atom. The molecule has 5 heteroatoms. The Kier molecular flexibility index (Phi) is 5.94. The molecule has 2 aromatic rings. The number of aryl methyl sites for hydroxylation is 3. The highest BCUT2D eigenvalue weighted by Crippen LogP contribution is 2.07. The molecule has 1 aromatic carbocycles. The van der Waals surface area contributed by atoms with Gasteiger partial charge in [0.2, 0.25) is 5.91 Å². The summed E-state index contributed by atoms with van der Waals surface area (Å²) < 4.78 is 0. The van der Waals surface area contributed by atoms with Crippen LogP contribution >= 0.6 is 0 Å². The minimum atomic E-state index is 0.104. The molecule has 0 radical (unpaired) electrons. The van der Waals surface area contributed by atoms with Crippen molar-refractivity contribution in [3.8, 4) is 0 Å². The molecule has 2 rings (SSSR count). The van der Waals surface area contributed by atoms with E-state index in [1.165, 1.54) is 17.5 Å². The van der Waals surface area contributed by atoms with E-state index in [0.717, 1.165) is 31.5 Å². The van der Waals surface area contributed by atoms with E-state index in [9.17, 15) is 4.79 Å². The zero-order chi connectivity index (χ0) is 14.9. The number of benzene rings is 1. The fraction of sp³-hybridized carbons (Fsp3) is 0.438. The minimum absolute atomic E-state index is 0.104. The Balaban J connectivity index is 1.60. The number of carbonyl (C=O) groups excluding carboxylic acids is 1. The van der Waals surface area contributed by atoms with Gasteiger partial charge in [-0.05, 0) is 30.4 Å². The van der Waals surface area contributed by atoms with E-state index in [1.54, 1.807) is 0 Å². The molecule has 0 atom stereocenters. The summed E-state index contributed by atoms with van der Waals surface area (Å²) in [6.07, 6.45) is 5.54. The van der Waals surface area contributed by atoms with E-state index in [-0.39, 0.29) is 5.91 Å². The topological polar surface area (TPSA) is 70.7 Å². The van der Waals surface area contributed by atoms with Crippen LogP contribution in [0.2, 0.25) is 0 Å². The first-order valence-corrected chi connectivity index (χ1v) is 7.46. The lowest BCUT2D eigenvalue weighted by atomic mass is 10.1. The standard InChI is InChI=1S/C16H22N4O/c1-2-13-5-7-14(8-6-13)9-10-16(21)17-11-3-4-15-18-12-19-20-15/h5-8,12H,2-4,9-11H2,1H3,(H,17,21)(H,18,19,20). The van der Waals surface area contributed by atoms with Gasteiger partial charge in [-0.2, -0.15) is 5.10 Å². The van der Waals surface area contributed by atoms with E-state index in [2.05, 4.69) is 51.7 Å². The number of hydrogen-bond donors (Lipinski definition) is 2. The summed E-state index contributed by atoms with van der Waals surface area (Å²) in [4.78, 5) is 15.8. The quantitative estimate of drug-likeness (QED) is 0.730. The van der Waals surface area contributed by atoms with Crippen LogP contribution in [0.5, 0.6) is 0 Å². The van der Waals surface area contributed by atoms with E-state index in [4.69, 9.17) is 0 Å². The lowest BCUT2D eigenvalue weighted by Crippen LogP contribution is -2.25. The molecule has 0 spiro atoms. The number of nitrogens with one attached hydrogen (secondary N) is 2. The number of amides is 1. The largest absolute Gasteiger partial charge is 0.356 e. The molecule has 2 N–H and O–H groups in total. The van der Waals surface area contributed by atoms with Gasteiger partial charge in [0.15, 0.2) is 0 Å². The molecule has 0 bridgehead atoms. The molecule has 0 fully saturated rings. The summed E-state index contributed by atoms with van der Waals surface area (Å²) in [5.41, 5.74) is 2.54. The van der Waals surface area contributed by atoms with Gasteiger partial charge in [-0.15, -0.1) is 0 Å². The molecule has 0 aliphatic heterocycles. The zero-order valence-corrected chi connectivity index (χ0v) is 12.4. The van der Waals surface area contributed by atoms with Gasteiger partial charge in [0.05, 0.1) is 0 Å². The number of nitrogens with zero attached hydrogens (tertiary/aromatic N) is 2. The maximum atomic E-state index is 11.8. The first-order valence-electron chi connectivity index (χ1n) is 7.46. The number of hydrogen-bond acceptors (Lipinski definition) is 3. The molecule has 0 aliphatic carbocycles. The Bertz CT molecular complexity index is 534. The molecule has 5 nitrogen and oxygen atoms in total. The van der Waals surface area contributed by atoms with Crippen molar-refractivity contribution in [2.75, 3.05) is 6.54 Å². The molecule has 1 aromatic heterocycles. The predicted molar refractivity (Wildman–Crippen MR) is 81.9 cm³/mol. The van der Waals surface area contributed by atoms with Crippen molar-refractivity contribution in [1.29, 1.82) is 0 Å². The monoisotopic (exact) mass is 286 g/mol. The van der Waals surface area contributed by atoms with Crippen LogP contribution in [0, 0.1) is 0 Å². The summed E-state index contributed by atoms with van der Waals surface area (Å²) in [5.74, 6) is 0.965.